The molecule has 0 saturated heterocycles. The predicted molar refractivity (Wildman–Crippen MR) is 122 cm³/mol. The van der Waals surface area contributed by atoms with Gasteiger partial charge in [-0.05, 0) is 80.5 Å². The summed E-state index contributed by atoms with van der Waals surface area (Å²) < 4.78 is 32.4. The monoisotopic (exact) mass is 449 g/mol. The van der Waals surface area contributed by atoms with Crippen LogP contribution in [0.1, 0.15) is 38.1 Å². The third kappa shape index (κ3) is 7.40. The third-order valence-electron chi connectivity index (χ3n) is 3.74. The van der Waals surface area contributed by atoms with E-state index < -0.39 is 10.0 Å². The summed E-state index contributed by atoms with van der Waals surface area (Å²) in [5.41, 5.74) is 0.999. The van der Waals surface area contributed by atoms with Gasteiger partial charge in [-0.3, -0.25) is 10.1 Å². The molecular formula is C21H27N3O4S2. The molecule has 0 aromatic heterocycles. The molecule has 0 heterocycles. The summed E-state index contributed by atoms with van der Waals surface area (Å²) >= 11 is 5.17. The summed E-state index contributed by atoms with van der Waals surface area (Å²) in [6.45, 7) is 8.23. The lowest BCUT2D eigenvalue weighted by Gasteiger charge is -2.12. The van der Waals surface area contributed by atoms with E-state index in [1.165, 1.54) is 12.1 Å². The van der Waals surface area contributed by atoms with Crippen molar-refractivity contribution >= 4 is 38.9 Å². The first kappa shape index (κ1) is 23.8. The van der Waals surface area contributed by atoms with Gasteiger partial charge in [-0.2, -0.15) is 0 Å². The topological polar surface area (TPSA) is 96.5 Å². The Hall–Kier alpha value is -2.49. The zero-order chi connectivity index (χ0) is 22.3. The molecule has 9 heteroatoms. The maximum atomic E-state index is 12.3. The normalized spacial score (nSPS) is 11.4. The van der Waals surface area contributed by atoms with Crippen molar-refractivity contribution in [3.63, 3.8) is 0 Å². The van der Waals surface area contributed by atoms with Crippen molar-refractivity contribution in [1.29, 1.82) is 0 Å². The van der Waals surface area contributed by atoms with Crippen molar-refractivity contribution in [1.82, 2.24) is 10.0 Å². The Balaban J connectivity index is 1.93. The number of thiocarbonyl (C=S) groups is 1. The molecule has 0 radical (unpaired) electrons. The van der Waals surface area contributed by atoms with Crippen molar-refractivity contribution in [3.05, 3.63) is 54.1 Å². The highest BCUT2D eigenvalue weighted by molar-refractivity contribution is 7.89. The van der Waals surface area contributed by atoms with Gasteiger partial charge in [0.2, 0.25) is 10.0 Å². The van der Waals surface area contributed by atoms with E-state index in [0.717, 1.165) is 0 Å². The minimum absolute atomic E-state index is 0.107. The van der Waals surface area contributed by atoms with Crippen LogP contribution in [0.25, 0.3) is 0 Å². The molecule has 30 heavy (non-hydrogen) atoms. The van der Waals surface area contributed by atoms with Crippen molar-refractivity contribution in [3.8, 4) is 5.75 Å². The molecule has 0 spiro atoms. The summed E-state index contributed by atoms with van der Waals surface area (Å²) in [7, 11) is -3.56. The summed E-state index contributed by atoms with van der Waals surface area (Å²) in [6, 6.07) is 12.7. The Labute approximate surface area is 183 Å². The molecule has 0 aliphatic rings. The van der Waals surface area contributed by atoms with Gasteiger partial charge in [-0.1, -0.05) is 13.8 Å². The standard InChI is InChI=1S/C21H27N3O4S2/c1-14(2)13-28-18-9-5-16(6-10-18)20(25)23-21(29)22-17-7-11-19(12-8-17)30(26,27)24-15(3)4/h5-12,14-15,24H,13H2,1-4H3,(H2,22,23,25,29). The van der Waals surface area contributed by atoms with Crippen LogP contribution in [0.2, 0.25) is 0 Å². The van der Waals surface area contributed by atoms with Crippen LogP contribution < -0.4 is 20.1 Å². The van der Waals surface area contributed by atoms with Crippen LogP contribution in [-0.2, 0) is 10.0 Å². The SMILES string of the molecule is CC(C)COc1ccc(C(=O)NC(=S)Nc2ccc(S(=O)(=O)NC(C)C)cc2)cc1. The zero-order valence-corrected chi connectivity index (χ0v) is 19.1. The van der Waals surface area contributed by atoms with Gasteiger partial charge >= 0.3 is 0 Å². The maximum absolute atomic E-state index is 12.3. The summed E-state index contributed by atoms with van der Waals surface area (Å²) in [6.07, 6.45) is 0. The first-order chi connectivity index (χ1) is 14.1. The van der Waals surface area contributed by atoms with Gasteiger partial charge in [0.05, 0.1) is 11.5 Å². The van der Waals surface area contributed by atoms with E-state index in [4.69, 9.17) is 17.0 Å². The van der Waals surface area contributed by atoms with E-state index in [1.54, 1.807) is 50.2 Å². The fourth-order valence-corrected chi connectivity index (χ4v) is 3.86. The Morgan fingerprint density at radius 1 is 1.00 bits per heavy atom. The first-order valence-electron chi connectivity index (χ1n) is 9.54. The number of rotatable bonds is 8. The van der Waals surface area contributed by atoms with Gasteiger partial charge in [0, 0.05) is 17.3 Å². The molecule has 0 fully saturated rings. The Kier molecular flexibility index (Phi) is 8.33. The Morgan fingerprint density at radius 2 is 1.60 bits per heavy atom. The van der Waals surface area contributed by atoms with Crippen LogP contribution >= 0.6 is 12.2 Å². The number of amides is 1. The summed E-state index contributed by atoms with van der Waals surface area (Å²) in [5, 5.41) is 5.57. The van der Waals surface area contributed by atoms with Gasteiger partial charge in [-0.15, -0.1) is 0 Å². The number of carbonyl (C=O) groups excluding carboxylic acids is 1. The van der Waals surface area contributed by atoms with Crippen LogP contribution in [0.5, 0.6) is 5.75 Å². The van der Waals surface area contributed by atoms with E-state index in [-0.39, 0.29) is 22.0 Å². The smallest absolute Gasteiger partial charge is 0.257 e. The van der Waals surface area contributed by atoms with Gasteiger partial charge in [-0.25, -0.2) is 13.1 Å². The number of carbonyl (C=O) groups is 1. The van der Waals surface area contributed by atoms with Crippen LogP contribution in [-0.4, -0.2) is 32.1 Å². The second kappa shape index (κ2) is 10.5. The second-order valence-corrected chi connectivity index (χ2v) is 9.56. The minimum atomic E-state index is -3.56. The maximum Gasteiger partial charge on any atom is 0.257 e. The number of nitrogens with one attached hydrogen (secondary N) is 3. The number of hydrogen-bond acceptors (Lipinski definition) is 5. The number of anilines is 1. The zero-order valence-electron chi connectivity index (χ0n) is 17.4. The fourth-order valence-electron chi connectivity index (χ4n) is 2.40. The average Bonchev–Trinajstić information content (AvgIpc) is 2.66. The Bertz CT molecular complexity index is 970. The largest absolute Gasteiger partial charge is 0.493 e. The van der Waals surface area contributed by atoms with Gasteiger partial charge < -0.3 is 10.1 Å². The quantitative estimate of drug-likeness (QED) is 0.534. The third-order valence-corrected chi connectivity index (χ3v) is 5.62. The van der Waals surface area contributed by atoms with Crippen LogP contribution in [0.4, 0.5) is 5.69 Å². The molecule has 2 aromatic rings. The molecule has 0 aliphatic carbocycles. The lowest BCUT2D eigenvalue weighted by molar-refractivity contribution is 0.0977. The van der Waals surface area contributed by atoms with Crippen molar-refractivity contribution in [2.45, 2.75) is 38.6 Å². The van der Waals surface area contributed by atoms with Crippen molar-refractivity contribution < 1.29 is 17.9 Å². The van der Waals surface area contributed by atoms with Gasteiger partial charge in [0.15, 0.2) is 5.11 Å². The molecule has 3 N–H and O–H groups in total. The lowest BCUT2D eigenvalue weighted by Crippen LogP contribution is -2.34. The highest BCUT2D eigenvalue weighted by atomic mass is 32.2. The highest BCUT2D eigenvalue weighted by Crippen LogP contribution is 2.15. The van der Waals surface area contributed by atoms with E-state index in [1.807, 2.05) is 0 Å². The van der Waals surface area contributed by atoms with Gasteiger partial charge in [0.1, 0.15) is 5.75 Å². The number of sulfonamides is 1. The first-order valence-corrected chi connectivity index (χ1v) is 11.4. The molecule has 7 nitrogen and oxygen atoms in total. The van der Waals surface area contributed by atoms with Crippen molar-refractivity contribution in [2.75, 3.05) is 11.9 Å². The average molecular weight is 450 g/mol. The Morgan fingerprint density at radius 3 is 2.13 bits per heavy atom. The second-order valence-electron chi connectivity index (χ2n) is 7.44. The molecule has 0 unspecified atom stereocenters. The van der Waals surface area contributed by atoms with E-state index >= 15 is 0 Å². The highest BCUT2D eigenvalue weighted by Gasteiger charge is 2.15. The number of ether oxygens (including phenoxy) is 1. The van der Waals surface area contributed by atoms with Crippen LogP contribution in [0, 0.1) is 5.92 Å². The number of benzene rings is 2. The lowest BCUT2D eigenvalue weighted by atomic mass is 10.2. The fraction of sp³-hybridized carbons (Fsp3) is 0.333. The molecule has 0 aliphatic heterocycles. The predicted octanol–water partition coefficient (Wildman–Crippen LogP) is 3.53. The molecule has 162 valence electrons. The summed E-state index contributed by atoms with van der Waals surface area (Å²) in [4.78, 5) is 12.5. The van der Waals surface area contributed by atoms with Crippen LogP contribution in [0.3, 0.4) is 0 Å². The molecule has 0 bridgehead atoms. The minimum Gasteiger partial charge on any atom is -0.493 e. The molecule has 2 rings (SSSR count). The summed E-state index contributed by atoms with van der Waals surface area (Å²) in [5.74, 6) is 0.753. The van der Waals surface area contributed by atoms with E-state index in [0.29, 0.717) is 29.5 Å². The molecular weight excluding hydrogens is 422 g/mol. The van der Waals surface area contributed by atoms with Crippen LogP contribution in [0.15, 0.2) is 53.4 Å². The van der Waals surface area contributed by atoms with Crippen molar-refractivity contribution in [2.24, 2.45) is 5.92 Å². The molecule has 1 amide bonds. The van der Waals surface area contributed by atoms with E-state index in [9.17, 15) is 13.2 Å². The molecule has 2 aromatic carbocycles. The number of hydrogen-bond donors (Lipinski definition) is 3. The van der Waals surface area contributed by atoms with E-state index in [2.05, 4.69) is 29.2 Å². The molecule has 0 saturated carbocycles. The van der Waals surface area contributed by atoms with Gasteiger partial charge in [0.25, 0.3) is 5.91 Å². The molecule has 0 atom stereocenters.